The number of hydrogen-bond donors (Lipinski definition) is 2. The van der Waals surface area contributed by atoms with Gasteiger partial charge in [0.2, 0.25) is 0 Å². The Labute approximate surface area is 116 Å². The molecular weight excluding hydrogens is 262 g/mol. The first-order valence-electron chi connectivity index (χ1n) is 6.47. The maximum absolute atomic E-state index is 13.6. The van der Waals surface area contributed by atoms with Gasteiger partial charge in [0.15, 0.2) is 0 Å². The van der Waals surface area contributed by atoms with E-state index < -0.39 is 11.6 Å². The first kappa shape index (κ1) is 14.6. The van der Waals surface area contributed by atoms with Crippen LogP contribution in [0.15, 0.2) is 30.6 Å². The number of aromatic nitrogens is 2. The van der Waals surface area contributed by atoms with Gasteiger partial charge in [0, 0.05) is 37.5 Å². The van der Waals surface area contributed by atoms with E-state index >= 15 is 0 Å². The van der Waals surface area contributed by atoms with Crippen LogP contribution in [-0.4, -0.2) is 15.6 Å². The van der Waals surface area contributed by atoms with Crippen molar-refractivity contribution in [3.63, 3.8) is 0 Å². The van der Waals surface area contributed by atoms with Gasteiger partial charge in [0.1, 0.15) is 17.5 Å². The number of hydrazine groups is 1. The SMILES string of the molecule is Cn1ccnc1CCC(Cc1c(F)cccc1F)NN. The van der Waals surface area contributed by atoms with Gasteiger partial charge in [-0.2, -0.15) is 0 Å². The van der Waals surface area contributed by atoms with E-state index in [9.17, 15) is 8.78 Å². The second-order valence-corrected chi connectivity index (χ2v) is 4.76. The zero-order valence-corrected chi connectivity index (χ0v) is 11.3. The van der Waals surface area contributed by atoms with Crippen molar-refractivity contribution >= 4 is 0 Å². The third-order valence-corrected chi connectivity index (χ3v) is 3.39. The highest BCUT2D eigenvalue weighted by atomic mass is 19.1. The summed E-state index contributed by atoms with van der Waals surface area (Å²) >= 11 is 0. The number of nitrogens with zero attached hydrogens (tertiary/aromatic N) is 2. The van der Waals surface area contributed by atoms with Crippen LogP contribution in [0, 0.1) is 11.6 Å². The van der Waals surface area contributed by atoms with Crippen molar-refractivity contribution in [2.24, 2.45) is 12.9 Å². The summed E-state index contributed by atoms with van der Waals surface area (Å²) in [6.45, 7) is 0. The molecule has 2 aromatic rings. The molecule has 1 unspecified atom stereocenters. The number of hydrogen-bond acceptors (Lipinski definition) is 3. The Balaban J connectivity index is 2.01. The second kappa shape index (κ2) is 6.58. The predicted molar refractivity (Wildman–Crippen MR) is 72.7 cm³/mol. The number of halogens is 2. The number of benzene rings is 1. The molecule has 1 heterocycles. The molecule has 3 N–H and O–H groups in total. The molecule has 1 aromatic heterocycles. The molecule has 1 aromatic carbocycles. The summed E-state index contributed by atoms with van der Waals surface area (Å²) < 4.78 is 29.1. The van der Waals surface area contributed by atoms with Crippen LogP contribution in [0.3, 0.4) is 0 Å². The van der Waals surface area contributed by atoms with Crippen molar-refractivity contribution in [2.45, 2.75) is 25.3 Å². The number of nitrogens with two attached hydrogens (primary N) is 1. The molecule has 20 heavy (non-hydrogen) atoms. The van der Waals surface area contributed by atoms with Gasteiger partial charge < -0.3 is 4.57 Å². The first-order chi connectivity index (χ1) is 9.61. The zero-order chi connectivity index (χ0) is 14.5. The summed E-state index contributed by atoms with van der Waals surface area (Å²) in [5.74, 6) is 5.31. The van der Waals surface area contributed by atoms with Gasteiger partial charge in [-0.05, 0) is 25.0 Å². The van der Waals surface area contributed by atoms with Gasteiger partial charge >= 0.3 is 0 Å². The average Bonchev–Trinajstić information content (AvgIpc) is 2.83. The predicted octanol–water partition coefficient (Wildman–Crippen LogP) is 1.71. The molecule has 0 fully saturated rings. The molecule has 0 spiro atoms. The third-order valence-electron chi connectivity index (χ3n) is 3.39. The first-order valence-corrected chi connectivity index (χ1v) is 6.47. The van der Waals surface area contributed by atoms with Gasteiger partial charge in [-0.3, -0.25) is 11.3 Å². The monoisotopic (exact) mass is 280 g/mol. The van der Waals surface area contributed by atoms with E-state index in [0.717, 1.165) is 5.82 Å². The molecule has 108 valence electrons. The lowest BCUT2D eigenvalue weighted by Crippen LogP contribution is -2.37. The molecule has 2 rings (SSSR count). The fourth-order valence-corrected chi connectivity index (χ4v) is 2.16. The normalized spacial score (nSPS) is 12.6. The Bertz CT molecular complexity index is 548. The van der Waals surface area contributed by atoms with Crippen molar-refractivity contribution in [2.75, 3.05) is 0 Å². The Hall–Kier alpha value is -1.79. The van der Waals surface area contributed by atoms with Crippen molar-refractivity contribution in [3.05, 3.63) is 53.6 Å². The molecular formula is C14H18F2N4. The largest absolute Gasteiger partial charge is 0.338 e. The Kier molecular flexibility index (Phi) is 4.81. The summed E-state index contributed by atoms with van der Waals surface area (Å²) in [5, 5.41) is 0. The average molecular weight is 280 g/mol. The molecule has 0 radical (unpaired) electrons. The van der Waals surface area contributed by atoms with E-state index in [-0.39, 0.29) is 18.0 Å². The summed E-state index contributed by atoms with van der Waals surface area (Å²) in [5.41, 5.74) is 2.68. The lowest BCUT2D eigenvalue weighted by atomic mass is 10.0. The third kappa shape index (κ3) is 3.40. The van der Waals surface area contributed by atoms with Crippen molar-refractivity contribution in [1.82, 2.24) is 15.0 Å². The van der Waals surface area contributed by atoms with Crippen LogP contribution in [0.5, 0.6) is 0 Å². The van der Waals surface area contributed by atoms with Crippen molar-refractivity contribution < 1.29 is 8.78 Å². The number of nitrogens with one attached hydrogen (secondary N) is 1. The molecule has 0 amide bonds. The Morgan fingerprint density at radius 2 is 2.05 bits per heavy atom. The highest BCUT2D eigenvalue weighted by Crippen LogP contribution is 2.16. The highest BCUT2D eigenvalue weighted by Gasteiger charge is 2.15. The number of aryl methyl sites for hydroxylation is 2. The quantitative estimate of drug-likeness (QED) is 0.625. The molecule has 0 aliphatic carbocycles. The lowest BCUT2D eigenvalue weighted by Gasteiger charge is -2.16. The van der Waals surface area contributed by atoms with E-state index in [4.69, 9.17) is 5.84 Å². The molecule has 1 atom stereocenters. The molecule has 4 nitrogen and oxygen atoms in total. The molecule has 0 bridgehead atoms. The fourth-order valence-electron chi connectivity index (χ4n) is 2.16. The van der Waals surface area contributed by atoms with Crippen LogP contribution in [-0.2, 0) is 19.9 Å². The minimum atomic E-state index is -0.540. The summed E-state index contributed by atoms with van der Waals surface area (Å²) in [6.07, 6.45) is 5.12. The smallest absolute Gasteiger partial charge is 0.129 e. The van der Waals surface area contributed by atoms with Crippen LogP contribution >= 0.6 is 0 Å². The maximum Gasteiger partial charge on any atom is 0.129 e. The minimum Gasteiger partial charge on any atom is -0.338 e. The fraction of sp³-hybridized carbons (Fsp3) is 0.357. The Morgan fingerprint density at radius 1 is 1.35 bits per heavy atom. The molecule has 0 saturated carbocycles. The summed E-state index contributed by atoms with van der Waals surface area (Å²) in [7, 11) is 1.91. The Morgan fingerprint density at radius 3 is 2.60 bits per heavy atom. The lowest BCUT2D eigenvalue weighted by molar-refractivity contribution is 0.459. The molecule has 6 heteroatoms. The van der Waals surface area contributed by atoms with Gasteiger partial charge in [-0.1, -0.05) is 6.07 Å². The van der Waals surface area contributed by atoms with Gasteiger partial charge in [0.05, 0.1) is 0 Å². The molecule has 0 saturated heterocycles. The van der Waals surface area contributed by atoms with Crippen LogP contribution in [0.25, 0.3) is 0 Å². The van der Waals surface area contributed by atoms with E-state index in [1.54, 1.807) is 6.20 Å². The van der Waals surface area contributed by atoms with E-state index in [2.05, 4.69) is 10.4 Å². The van der Waals surface area contributed by atoms with Gasteiger partial charge in [-0.15, -0.1) is 0 Å². The van der Waals surface area contributed by atoms with E-state index in [0.29, 0.717) is 12.8 Å². The standard InChI is InChI=1S/C14H18F2N4/c1-20-8-7-18-14(20)6-5-10(19-17)9-11-12(15)3-2-4-13(11)16/h2-4,7-8,10,19H,5-6,9,17H2,1H3. The second-order valence-electron chi connectivity index (χ2n) is 4.76. The van der Waals surface area contributed by atoms with Crippen LogP contribution in [0.2, 0.25) is 0 Å². The zero-order valence-electron chi connectivity index (χ0n) is 11.3. The van der Waals surface area contributed by atoms with Crippen LogP contribution < -0.4 is 11.3 Å². The van der Waals surface area contributed by atoms with Gasteiger partial charge in [0.25, 0.3) is 0 Å². The van der Waals surface area contributed by atoms with E-state index in [1.807, 2.05) is 17.8 Å². The van der Waals surface area contributed by atoms with E-state index in [1.165, 1.54) is 18.2 Å². The number of rotatable bonds is 6. The molecule has 0 aliphatic heterocycles. The minimum absolute atomic E-state index is 0.0651. The van der Waals surface area contributed by atoms with Crippen LogP contribution in [0.4, 0.5) is 8.78 Å². The van der Waals surface area contributed by atoms with Gasteiger partial charge in [-0.25, -0.2) is 13.8 Å². The molecule has 0 aliphatic rings. The van der Waals surface area contributed by atoms with Crippen molar-refractivity contribution in [1.29, 1.82) is 0 Å². The topological polar surface area (TPSA) is 55.9 Å². The summed E-state index contributed by atoms with van der Waals surface area (Å²) in [6, 6.07) is 3.65. The van der Waals surface area contributed by atoms with Crippen molar-refractivity contribution in [3.8, 4) is 0 Å². The summed E-state index contributed by atoms with van der Waals surface area (Å²) in [4.78, 5) is 4.21. The number of imidazole rings is 1. The highest BCUT2D eigenvalue weighted by molar-refractivity contribution is 5.20. The maximum atomic E-state index is 13.6. The van der Waals surface area contributed by atoms with Crippen LogP contribution in [0.1, 0.15) is 17.8 Å².